The van der Waals surface area contributed by atoms with Crippen molar-refractivity contribution in [2.45, 2.75) is 0 Å². The number of hydrogen-bond acceptors (Lipinski definition) is 6. The second kappa shape index (κ2) is 7.87. The van der Waals surface area contributed by atoms with E-state index in [4.69, 9.17) is 4.74 Å². The van der Waals surface area contributed by atoms with Crippen molar-refractivity contribution in [2.75, 3.05) is 12.4 Å². The predicted octanol–water partition coefficient (Wildman–Crippen LogP) is 2.19. The van der Waals surface area contributed by atoms with Crippen LogP contribution in [0.2, 0.25) is 0 Å². The molecule has 2 heterocycles. The van der Waals surface area contributed by atoms with Gasteiger partial charge < -0.3 is 19.6 Å². The van der Waals surface area contributed by atoms with Gasteiger partial charge in [0.2, 0.25) is 0 Å². The number of aryl methyl sites for hydroxylation is 1. The molecule has 0 aliphatic heterocycles. The third-order valence-corrected chi connectivity index (χ3v) is 4.93. The first-order chi connectivity index (χ1) is 15.3. The number of H-pyrrole nitrogens is 1. The lowest BCUT2D eigenvalue weighted by molar-refractivity contribution is -0.384. The molecule has 0 saturated carbocycles. The number of benzene rings is 2. The number of fused-ring (bicyclic) bond motifs is 1. The van der Waals surface area contributed by atoms with Crippen LogP contribution >= 0.6 is 0 Å². The molecule has 4 rings (SSSR count). The molecule has 11 nitrogen and oxygen atoms in total. The minimum Gasteiger partial charge on any atom is -0.494 e. The van der Waals surface area contributed by atoms with Crippen molar-refractivity contribution in [3.05, 3.63) is 91.2 Å². The maximum Gasteiger partial charge on any atom is 0.333 e. The lowest BCUT2D eigenvalue weighted by atomic mass is 10.2. The quantitative estimate of drug-likeness (QED) is 0.364. The Morgan fingerprint density at radius 3 is 2.53 bits per heavy atom. The molecule has 0 unspecified atom stereocenters. The second-order valence-electron chi connectivity index (χ2n) is 6.88. The molecule has 0 fully saturated rings. The molecule has 0 radical (unpaired) electrons. The largest absolute Gasteiger partial charge is 0.494 e. The fourth-order valence-corrected chi connectivity index (χ4v) is 3.44. The van der Waals surface area contributed by atoms with Crippen LogP contribution in [-0.2, 0) is 7.05 Å². The molecule has 32 heavy (non-hydrogen) atoms. The minimum absolute atomic E-state index is 0.0531. The van der Waals surface area contributed by atoms with Gasteiger partial charge >= 0.3 is 5.69 Å². The van der Waals surface area contributed by atoms with Crippen LogP contribution in [-0.4, -0.2) is 32.1 Å². The van der Waals surface area contributed by atoms with E-state index in [2.05, 4.69) is 10.3 Å². The van der Waals surface area contributed by atoms with Gasteiger partial charge in [0.15, 0.2) is 0 Å². The number of aromatic amines is 1. The molecule has 162 valence electrons. The summed E-state index contributed by atoms with van der Waals surface area (Å²) in [4.78, 5) is 51.7. The number of nitro benzene ring substituents is 1. The van der Waals surface area contributed by atoms with Crippen LogP contribution < -0.4 is 21.3 Å². The zero-order chi connectivity index (χ0) is 23.0. The number of anilines is 1. The van der Waals surface area contributed by atoms with Crippen LogP contribution in [0, 0.1) is 10.1 Å². The fourth-order valence-electron chi connectivity index (χ4n) is 3.44. The molecule has 2 aromatic heterocycles. The third-order valence-electron chi connectivity index (χ3n) is 4.93. The molecule has 0 saturated heterocycles. The van der Waals surface area contributed by atoms with Gasteiger partial charge in [0.1, 0.15) is 11.3 Å². The number of non-ortho nitro benzene ring substituents is 1. The molecule has 0 atom stereocenters. The standard InChI is InChI=1S/C21H17N5O6/c1-24-11-14(19(27)22-15-9-8-13(26(30)31)10-16(15)32-2)17-18(24)20(28)25(21(29)23-17)12-6-4-3-5-7-12/h3-11H,1-2H3,(H,22,27)(H,23,29). The van der Waals surface area contributed by atoms with Crippen LogP contribution in [0.15, 0.2) is 64.3 Å². The van der Waals surface area contributed by atoms with E-state index in [1.807, 2.05) is 0 Å². The minimum atomic E-state index is -0.693. The fraction of sp³-hybridized carbons (Fsp3) is 0.0952. The predicted molar refractivity (Wildman–Crippen MR) is 117 cm³/mol. The van der Waals surface area contributed by atoms with E-state index in [1.54, 1.807) is 37.4 Å². The van der Waals surface area contributed by atoms with Crippen molar-refractivity contribution >= 4 is 28.3 Å². The topological polar surface area (TPSA) is 141 Å². The summed E-state index contributed by atoms with van der Waals surface area (Å²) in [6.45, 7) is 0. The molecule has 0 bridgehead atoms. The van der Waals surface area contributed by atoms with Crippen LogP contribution in [0.25, 0.3) is 16.7 Å². The van der Waals surface area contributed by atoms with Gasteiger partial charge in [0.25, 0.3) is 17.2 Å². The number of nitro groups is 1. The third kappa shape index (κ3) is 3.41. The number of methoxy groups -OCH3 is 1. The van der Waals surface area contributed by atoms with Gasteiger partial charge in [-0.15, -0.1) is 0 Å². The molecule has 0 aliphatic rings. The summed E-state index contributed by atoms with van der Waals surface area (Å²) in [5.74, 6) is -0.539. The number of ether oxygens (including phenoxy) is 1. The number of carbonyl (C=O) groups excluding carboxylic acids is 1. The number of hydrogen-bond donors (Lipinski definition) is 2. The van der Waals surface area contributed by atoms with Crippen LogP contribution in [0.1, 0.15) is 10.4 Å². The highest BCUT2D eigenvalue weighted by atomic mass is 16.6. The van der Waals surface area contributed by atoms with Crippen molar-refractivity contribution in [3.8, 4) is 11.4 Å². The van der Waals surface area contributed by atoms with E-state index in [0.717, 1.165) is 4.57 Å². The highest BCUT2D eigenvalue weighted by Crippen LogP contribution is 2.29. The Kier molecular flexibility index (Phi) is 5.07. The van der Waals surface area contributed by atoms with Crippen LogP contribution in [0.3, 0.4) is 0 Å². The molecule has 1 amide bonds. The molecular weight excluding hydrogens is 418 g/mol. The molecule has 0 spiro atoms. The number of aromatic nitrogens is 3. The summed E-state index contributed by atoms with van der Waals surface area (Å²) >= 11 is 0. The summed E-state index contributed by atoms with van der Waals surface area (Å²) in [6, 6.07) is 12.2. The van der Waals surface area contributed by atoms with E-state index in [0.29, 0.717) is 5.69 Å². The SMILES string of the molecule is COc1cc([N+](=O)[O-])ccc1NC(=O)c1cn(C)c2c(=O)n(-c3ccccc3)c(=O)[nH]c12. The molecule has 2 N–H and O–H groups in total. The Bertz CT molecular complexity index is 1480. The maximum absolute atomic E-state index is 13.1. The zero-order valence-corrected chi connectivity index (χ0v) is 17.0. The first-order valence-corrected chi connectivity index (χ1v) is 9.35. The molecular formula is C21H17N5O6. The van der Waals surface area contributed by atoms with Crippen molar-refractivity contribution < 1.29 is 14.5 Å². The van der Waals surface area contributed by atoms with E-state index in [9.17, 15) is 24.5 Å². The molecule has 4 aromatic rings. The van der Waals surface area contributed by atoms with E-state index >= 15 is 0 Å². The average molecular weight is 435 g/mol. The number of nitrogens with one attached hydrogen (secondary N) is 2. The van der Waals surface area contributed by atoms with E-state index in [-0.39, 0.29) is 33.7 Å². The number of nitrogens with zero attached hydrogens (tertiary/aromatic N) is 3. The van der Waals surface area contributed by atoms with Crippen LogP contribution in [0.4, 0.5) is 11.4 Å². The van der Waals surface area contributed by atoms with Crippen molar-refractivity contribution in [1.82, 2.24) is 14.1 Å². The Balaban J connectivity index is 1.80. The van der Waals surface area contributed by atoms with Crippen LogP contribution in [0.5, 0.6) is 5.75 Å². The number of para-hydroxylation sites is 1. The Morgan fingerprint density at radius 1 is 1.16 bits per heavy atom. The lowest BCUT2D eigenvalue weighted by Crippen LogP contribution is -2.34. The van der Waals surface area contributed by atoms with Crippen molar-refractivity contribution in [1.29, 1.82) is 0 Å². The number of carbonyl (C=O) groups is 1. The molecule has 0 aliphatic carbocycles. The van der Waals surface area contributed by atoms with E-state index < -0.39 is 22.1 Å². The van der Waals surface area contributed by atoms with Gasteiger partial charge in [-0.3, -0.25) is 19.7 Å². The summed E-state index contributed by atoms with van der Waals surface area (Å²) in [7, 11) is 2.90. The van der Waals surface area contributed by atoms with Gasteiger partial charge in [-0.2, -0.15) is 0 Å². The average Bonchev–Trinajstić information content (AvgIpc) is 3.11. The molecule has 11 heteroatoms. The Labute approximate surface area is 179 Å². The summed E-state index contributed by atoms with van der Waals surface area (Å²) < 4.78 is 7.58. The summed E-state index contributed by atoms with van der Waals surface area (Å²) in [5.41, 5.74) is -0.620. The summed E-state index contributed by atoms with van der Waals surface area (Å²) in [5, 5.41) is 13.6. The molecule has 2 aromatic carbocycles. The Hall–Kier alpha value is -4.67. The van der Waals surface area contributed by atoms with E-state index in [1.165, 1.54) is 36.1 Å². The maximum atomic E-state index is 13.1. The van der Waals surface area contributed by atoms with Gasteiger partial charge in [-0.05, 0) is 18.2 Å². The second-order valence-corrected chi connectivity index (χ2v) is 6.88. The smallest absolute Gasteiger partial charge is 0.333 e. The monoisotopic (exact) mass is 435 g/mol. The lowest BCUT2D eigenvalue weighted by Gasteiger charge is -2.09. The highest BCUT2D eigenvalue weighted by molar-refractivity contribution is 6.12. The zero-order valence-electron chi connectivity index (χ0n) is 17.0. The normalized spacial score (nSPS) is 10.8. The van der Waals surface area contributed by atoms with Gasteiger partial charge in [0.05, 0.1) is 40.6 Å². The number of rotatable bonds is 5. The van der Waals surface area contributed by atoms with Gasteiger partial charge in [-0.1, -0.05) is 18.2 Å². The van der Waals surface area contributed by atoms with Crippen molar-refractivity contribution in [3.63, 3.8) is 0 Å². The first-order valence-electron chi connectivity index (χ1n) is 9.35. The Morgan fingerprint density at radius 2 is 1.88 bits per heavy atom. The summed E-state index contributed by atoms with van der Waals surface area (Å²) in [6.07, 6.45) is 1.42. The van der Waals surface area contributed by atoms with Gasteiger partial charge in [-0.25, -0.2) is 9.36 Å². The first kappa shape index (κ1) is 20.6. The van der Waals surface area contributed by atoms with Gasteiger partial charge in [0, 0.05) is 19.3 Å². The van der Waals surface area contributed by atoms with Crippen molar-refractivity contribution in [2.24, 2.45) is 7.05 Å². The highest BCUT2D eigenvalue weighted by Gasteiger charge is 2.21. The number of amides is 1.